The zero-order valence-electron chi connectivity index (χ0n) is 5.73. The molecule has 0 fully saturated rings. The van der Waals surface area contributed by atoms with Crippen molar-refractivity contribution in [3.05, 3.63) is 30.6 Å². The molecule has 54 valence electrons. The Morgan fingerprint density at radius 1 is 1.18 bits per heavy atom. The van der Waals surface area contributed by atoms with Crippen LogP contribution < -0.4 is 0 Å². The van der Waals surface area contributed by atoms with E-state index in [1.54, 1.807) is 12.4 Å². The van der Waals surface area contributed by atoms with Gasteiger partial charge >= 0.3 is 0 Å². The van der Waals surface area contributed by atoms with Gasteiger partial charge in [-0.1, -0.05) is 0 Å². The molecule has 0 atom stereocenters. The van der Waals surface area contributed by atoms with Crippen LogP contribution in [0.3, 0.4) is 0 Å². The number of aromatic nitrogens is 2. The Labute approximate surface area is 69.7 Å². The van der Waals surface area contributed by atoms with E-state index in [1.807, 2.05) is 18.2 Å². The van der Waals surface area contributed by atoms with Gasteiger partial charge in [-0.3, -0.25) is 9.97 Å². The second kappa shape index (κ2) is 2.51. The highest BCUT2D eigenvalue weighted by atomic mass is 32.1. The Morgan fingerprint density at radius 2 is 2.09 bits per heavy atom. The van der Waals surface area contributed by atoms with Crippen molar-refractivity contribution in [2.45, 2.75) is 4.90 Å². The predicted molar refractivity (Wildman–Crippen MR) is 46.8 cm³/mol. The summed E-state index contributed by atoms with van der Waals surface area (Å²) in [6, 6.07) is 5.69. The van der Waals surface area contributed by atoms with Crippen LogP contribution in [0.1, 0.15) is 0 Å². The summed E-state index contributed by atoms with van der Waals surface area (Å²) in [7, 11) is 0. The maximum absolute atomic E-state index is 4.16. The van der Waals surface area contributed by atoms with E-state index in [0.29, 0.717) is 0 Å². The average Bonchev–Trinajstić information content (AvgIpc) is 2.04. The van der Waals surface area contributed by atoms with Crippen molar-refractivity contribution in [2.24, 2.45) is 0 Å². The molecule has 2 aromatic rings. The van der Waals surface area contributed by atoms with Crippen LogP contribution >= 0.6 is 12.6 Å². The van der Waals surface area contributed by atoms with Gasteiger partial charge in [0.15, 0.2) is 0 Å². The normalized spacial score (nSPS) is 10.3. The number of hydrogen-bond acceptors (Lipinski definition) is 3. The van der Waals surface area contributed by atoms with Gasteiger partial charge < -0.3 is 0 Å². The van der Waals surface area contributed by atoms with E-state index < -0.39 is 0 Å². The van der Waals surface area contributed by atoms with Crippen LogP contribution in [0.4, 0.5) is 0 Å². The lowest BCUT2D eigenvalue weighted by Gasteiger charge is -1.94. The van der Waals surface area contributed by atoms with E-state index in [-0.39, 0.29) is 0 Å². The number of hydrogen-bond donors (Lipinski definition) is 1. The fourth-order valence-electron chi connectivity index (χ4n) is 0.942. The maximum atomic E-state index is 4.16. The molecule has 2 rings (SSSR count). The van der Waals surface area contributed by atoms with Crippen molar-refractivity contribution in [3.8, 4) is 0 Å². The monoisotopic (exact) mass is 162 g/mol. The molecule has 11 heavy (non-hydrogen) atoms. The molecular formula is C8H6N2S. The largest absolute Gasteiger partial charge is 0.255 e. The van der Waals surface area contributed by atoms with Gasteiger partial charge in [0.25, 0.3) is 0 Å². The first-order valence-electron chi connectivity index (χ1n) is 3.26. The molecular weight excluding hydrogens is 156 g/mol. The summed E-state index contributed by atoms with van der Waals surface area (Å²) in [4.78, 5) is 9.12. The van der Waals surface area contributed by atoms with Crippen LogP contribution in [0.5, 0.6) is 0 Å². The lowest BCUT2D eigenvalue weighted by atomic mass is 10.3. The third kappa shape index (κ3) is 1.19. The van der Waals surface area contributed by atoms with Crippen molar-refractivity contribution >= 4 is 23.7 Å². The fourth-order valence-corrected chi connectivity index (χ4v) is 1.12. The number of rotatable bonds is 0. The van der Waals surface area contributed by atoms with E-state index in [4.69, 9.17) is 0 Å². The Bertz CT molecular complexity index is 387. The molecule has 0 saturated carbocycles. The van der Waals surface area contributed by atoms with Gasteiger partial charge in [-0.05, 0) is 18.2 Å². The third-order valence-corrected chi connectivity index (χ3v) is 1.68. The van der Waals surface area contributed by atoms with Crippen LogP contribution in [0.25, 0.3) is 11.0 Å². The van der Waals surface area contributed by atoms with Gasteiger partial charge in [-0.25, -0.2) is 0 Å². The smallest absolute Gasteiger partial charge is 0.0897 e. The third-order valence-electron chi connectivity index (χ3n) is 1.44. The lowest BCUT2D eigenvalue weighted by Crippen LogP contribution is -1.80. The summed E-state index contributed by atoms with van der Waals surface area (Å²) in [6.45, 7) is 0. The van der Waals surface area contributed by atoms with Crippen LogP contribution in [0.15, 0.2) is 35.5 Å². The Morgan fingerprint density at radius 3 is 3.00 bits per heavy atom. The molecule has 0 bridgehead atoms. The van der Waals surface area contributed by atoms with Crippen LogP contribution in [0, 0.1) is 0 Å². The Balaban J connectivity index is 2.83. The van der Waals surface area contributed by atoms with Crippen molar-refractivity contribution < 1.29 is 0 Å². The van der Waals surface area contributed by atoms with Gasteiger partial charge in [-0.2, -0.15) is 0 Å². The minimum atomic E-state index is 0.844. The molecule has 0 spiro atoms. The lowest BCUT2D eigenvalue weighted by molar-refractivity contribution is 1.27. The molecule has 2 aromatic heterocycles. The standard InChI is InChI=1S/C8H6N2S/c11-6-4-8-7(10-5-6)2-1-3-9-8/h1-5,11H. The highest BCUT2D eigenvalue weighted by Gasteiger charge is 1.93. The first kappa shape index (κ1) is 6.61. The number of pyridine rings is 2. The molecule has 0 radical (unpaired) electrons. The zero-order chi connectivity index (χ0) is 7.68. The van der Waals surface area contributed by atoms with E-state index in [2.05, 4.69) is 22.6 Å². The summed E-state index contributed by atoms with van der Waals surface area (Å²) < 4.78 is 0. The molecule has 0 aliphatic carbocycles. The predicted octanol–water partition coefficient (Wildman–Crippen LogP) is 1.92. The summed E-state index contributed by atoms with van der Waals surface area (Å²) >= 11 is 4.16. The van der Waals surface area contributed by atoms with Crippen LogP contribution in [0.2, 0.25) is 0 Å². The number of nitrogens with zero attached hydrogens (tertiary/aromatic N) is 2. The van der Waals surface area contributed by atoms with Gasteiger partial charge in [0.05, 0.1) is 11.0 Å². The zero-order valence-corrected chi connectivity index (χ0v) is 6.62. The van der Waals surface area contributed by atoms with E-state index >= 15 is 0 Å². The molecule has 0 aliphatic heterocycles. The minimum absolute atomic E-state index is 0.844. The second-order valence-corrected chi connectivity index (χ2v) is 2.75. The molecule has 2 nitrogen and oxygen atoms in total. The summed E-state index contributed by atoms with van der Waals surface area (Å²) in [6.07, 6.45) is 3.46. The first-order valence-corrected chi connectivity index (χ1v) is 3.71. The first-order chi connectivity index (χ1) is 5.36. The van der Waals surface area contributed by atoms with Gasteiger partial charge in [0, 0.05) is 17.3 Å². The molecule has 0 saturated heterocycles. The average molecular weight is 162 g/mol. The molecule has 2 heterocycles. The fraction of sp³-hybridized carbons (Fsp3) is 0. The molecule has 0 amide bonds. The van der Waals surface area contributed by atoms with Gasteiger partial charge in [0.1, 0.15) is 0 Å². The highest BCUT2D eigenvalue weighted by Crippen LogP contribution is 2.11. The van der Waals surface area contributed by atoms with E-state index in [9.17, 15) is 0 Å². The summed E-state index contributed by atoms with van der Waals surface area (Å²) in [5.41, 5.74) is 1.80. The van der Waals surface area contributed by atoms with Crippen molar-refractivity contribution in [1.82, 2.24) is 9.97 Å². The van der Waals surface area contributed by atoms with Crippen LogP contribution in [-0.4, -0.2) is 9.97 Å². The Kier molecular flexibility index (Phi) is 1.51. The number of fused-ring (bicyclic) bond motifs is 1. The minimum Gasteiger partial charge on any atom is -0.255 e. The molecule has 0 aliphatic rings. The Hall–Kier alpha value is -1.09. The maximum Gasteiger partial charge on any atom is 0.0897 e. The van der Waals surface area contributed by atoms with Crippen LogP contribution in [-0.2, 0) is 0 Å². The van der Waals surface area contributed by atoms with Crippen molar-refractivity contribution in [1.29, 1.82) is 0 Å². The highest BCUT2D eigenvalue weighted by molar-refractivity contribution is 7.80. The van der Waals surface area contributed by atoms with E-state index in [1.165, 1.54) is 0 Å². The van der Waals surface area contributed by atoms with Gasteiger partial charge in [-0.15, -0.1) is 12.6 Å². The molecule has 3 heteroatoms. The topological polar surface area (TPSA) is 25.8 Å². The molecule has 0 aromatic carbocycles. The van der Waals surface area contributed by atoms with Crippen molar-refractivity contribution in [2.75, 3.05) is 0 Å². The SMILES string of the molecule is Sc1cnc2cccnc2c1. The molecule has 0 N–H and O–H groups in total. The molecule has 0 unspecified atom stereocenters. The van der Waals surface area contributed by atoms with Crippen molar-refractivity contribution in [3.63, 3.8) is 0 Å². The summed E-state index contributed by atoms with van der Waals surface area (Å²) in [5.74, 6) is 0. The second-order valence-electron chi connectivity index (χ2n) is 2.24. The quantitative estimate of drug-likeness (QED) is 0.599. The number of thiol groups is 1. The van der Waals surface area contributed by atoms with E-state index in [0.717, 1.165) is 15.9 Å². The van der Waals surface area contributed by atoms with Gasteiger partial charge in [0.2, 0.25) is 0 Å². The summed E-state index contributed by atoms with van der Waals surface area (Å²) in [5, 5.41) is 0.